The van der Waals surface area contributed by atoms with Crippen LogP contribution >= 0.6 is 0 Å². The van der Waals surface area contributed by atoms with Crippen molar-refractivity contribution in [2.45, 2.75) is 25.7 Å². The number of hydrogen-bond donors (Lipinski definition) is 1. The second kappa shape index (κ2) is 4.88. The minimum Gasteiger partial charge on any atom is -0.478 e. The number of piperidine rings is 1. The number of carboxylic acid groups (broad SMARTS) is 1. The van der Waals surface area contributed by atoms with Crippen LogP contribution in [0.15, 0.2) is 18.2 Å². The third-order valence-corrected chi connectivity index (χ3v) is 3.54. The van der Waals surface area contributed by atoms with Crippen molar-refractivity contribution in [1.82, 2.24) is 4.90 Å². The zero-order chi connectivity index (χ0) is 12.4. The van der Waals surface area contributed by atoms with Crippen LogP contribution in [0, 0.1) is 6.92 Å². The van der Waals surface area contributed by atoms with E-state index in [0.29, 0.717) is 11.5 Å². The maximum atomic E-state index is 11.0. The molecule has 0 aliphatic carbocycles. The van der Waals surface area contributed by atoms with Gasteiger partial charge in [0.1, 0.15) is 0 Å². The molecule has 0 unspecified atom stereocenters. The van der Waals surface area contributed by atoms with E-state index < -0.39 is 5.97 Å². The summed E-state index contributed by atoms with van der Waals surface area (Å²) >= 11 is 0. The lowest BCUT2D eigenvalue weighted by molar-refractivity contribution is 0.0696. The topological polar surface area (TPSA) is 40.5 Å². The molecule has 0 spiro atoms. The molecule has 1 aromatic carbocycles. The van der Waals surface area contributed by atoms with Gasteiger partial charge in [-0.1, -0.05) is 6.07 Å². The summed E-state index contributed by atoms with van der Waals surface area (Å²) < 4.78 is 0. The lowest BCUT2D eigenvalue weighted by atomic mass is 9.88. The SMILES string of the molecule is Cc1cc(C(=O)O)cc(C2CCN(C)CC2)c1. The Morgan fingerprint density at radius 2 is 1.94 bits per heavy atom. The van der Waals surface area contributed by atoms with E-state index >= 15 is 0 Å². The first-order valence-corrected chi connectivity index (χ1v) is 6.09. The molecule has 1 saturated heterocycles. The van der Waals surface area contributed by atoms with Gasteiger partial charge in [-0.15, -0.1) is 0 Å². The van der Waals surface area contributed by atoms with Gasteiger partial charge < -0.3 is 10.0 Å². The third kappa shape index (κ3) is 2.86. The van der Waals surface area contributed by atoms with Crippen LogP contribution < -0.4 is 0 Å². The van der Waals surface area contributed by atoms with Gasteiger partial charge in [0.25, 0.3) is 0 Å². The number of aryl methyl sites for hydroxylation is 1. The Kier molecular flexibility index (Phi) is 3.48. The van der Waals surface area contributed by atoms with Crippen molar-refractivity contribution in [2.24, 2.45) is 0 Å². The number of aromatic carboxylic acids is 1. The van der Waals surface area contributed by atoms with Crippen LogP contribution in [-0.2, 0) is 0 Å². The van der Waals surface area contributed by atoms with Crippen molar-refractivity contribution >= 4 is 5.97 Å². The lowest BCUT2D eigenvalue weighted by Crippen LogP contribution is -2.29. The molecule has 1 aromatic rings. The minimum atomic E-state index is -0.831. The van der Waals surface area contributed by atoms with Crippen LogP contribution in [0.4, 0.5) is 0 Å². The first-order chi connectivity index (χ1) is 8.06. The molecule has 1 fully saturated rings. The second-order valence-electron chi connectivity index (χ2n) is 5.02. The molecule has 1 aliphatic rings. The third-order valence-electron chi connectivity index (χ3n) is 3.54. The van der Waals surface area contributed by atoms with E-state index in [4.69, 9.17) is 5.11 Å². The standard InChI is InChI=1S/C14H19NO2/c1-10-7-12(9-13(8-10)14(16)17)11-3-5-15(2)6-4-11/h7-9,11H,3-6H2,1-2H3,(H,16,17). The Morgan fingerprint density at radius 1 is 1.29 bits per heavy atom. The molecule has 3 nitrogen and oxygen atoms in total. The molecule has 1 heterocycles. The molecule has 3 heteroatoms. The molecular weight excluding hydrogens is 214 g/mol. The number of carboxylic acids is 1. The Morgan fingerprint density at radius 3 is 2.53 bits per heavy atom. The van der Waals surface area contributed by atoms with Crippen LogP contribution in [0.5, 0.6) is 0 Å². The van der Waals surface area contributed by atoms with Gasteiger partial charge >= 0.3 is 5.97 Å². The molecular formula is C14H19NO2. The molecule has 2 rings (SSSR count). The highest BCUT2D eigenvalue weighted by Crippen LogP contribution is 2.28. The summed E-state index contributed by atoms with van der Waals surface area (Å²) in [5.41, 5.74) is 2.65. The highest BCUT2D eigenvalue weighted by atomic mass is 16.4. The van der Waals surface area contributed by atoms with Gasteiger partial charge in [0.05, 0.1) is 5.56 Å². The fraction of sp³-hybridized carbons (Fsp3) is 0.500. The molecule has 0 radical (unpaired) electrons. The van der Waals surface area contributed by atoms with Crippen LogP contribution in [0.1, 0.15) is 40.2 Å². The summed E-state index contributed by atoms with van der Waals surface area (Å²) in [5, 5.41) is 9.07. The van der Waals surface area contributed by atoms with E-state index in [2.05, 4.69) is 18.0 Å². The van der Waals surface area contributed by atoms with Crippen molar-refractivity contribution in [3.8, 4) is 0 Å². The Hall–Kier alpha value is -1.35. The van der Waals surface area contributed by atoms with E-state index in [1.165, 1.54) is 5.56 Å². The van der Waals surface area contributed by atoms with Gasteiger partial charge in [-0.3, -0.25) is 0 Å². The Balaban J connectivity index is 2.23. The molecule has 1 N–H and O–H groups in total. The van der Waals surface area contributed by atoms with Crippen LogP contribution in [-0.4, -0.2) is 36.1 Å². The Bertz CT molecular complexity index is 420. The normalized spacial score (nSPS) is 18.2. The summed E-state index contributed by atoms with van der Waals surface area (Å²) in [6.45, 7) is 4.16. The molecule has 0 bridgehead atoms. The monoisotopic (exact) mass is 233 g/mol. The first-order valence-electron chi connectivity index (χ1n) is 6.09. The Labute approximate surface area is 102 Å². The van der Waals surface area contributed by atoms with Gasteiger partial charge in [0.2, 0.25) is 0 Å². The fourth-order valence-corrected chi connectivity index (χ4v) is 2.51. The zero-order valence-corrected chi connectivity index (χ0v) is 10.4. The number of nitrogens with zero attached hydrogens (tertiary/aromatic N) is 1. The molecule has 0 saturated carbocycles. The second-order valence-corrected chi connectivity index (χ2v) is 5.02. The van der Waals surface area contributed by atoms with Gasteiger partial charge in [0.15, 0.2) is 0 Å². The quantitative estimate of drug-likeness (QED) is 0.853. The van der Waals surface area contributed by atoms with Gasteiger partial charge in [-0.05, 0) is 69.1 Å². The molecule has 0 amide bonds. The summed E-state index contributed by atoms with van der Waals surface area (Å²) in [4.78, 5) is 13.4. The van der Waals surface area contributed by atoms with E-state index in [0.717, 1.165) is 31.5 Å². The number of carbonyl (C=O) groups is 1. The van der Waals surface area contributed by atoms with Gasteiger partial charge in [-0.2, -0.15) is 0 Å². The van der Waals surface area contributed by atoms with E-state index in [-0.39, 0.29) is 0 Å². The summed E-state index contributed by atoms with van der Waals surface area (Å²) in [6.07, 6.45) is 2.25. The van der Waals surface area contributed by atoms with Crippen LogP contribution in [0.25, 0.3) is 0 Å². The highest BCUT2D eigenvalue weighted by molar-refractivity contribution is 5.88. The van der Waals surface area contributed by atoms with Crippen LogP contribution in [0.3, 0.4) is 0 Å². The lowest BCUT2D eigenvalue weighted by Gasteiger charge is -2.29. The summed E-state index contributed by atoms with van der Waals surface area (Å²) in [6, 6.07) is 5.70. The predicted molar refractivity (Wildman–Crippen MR) is 67.6 cm³/mol. The van der Waals surface area contributed by atoms with Crippen molar-refractivity contribution in [3.05, 3.63) is 34.9 Å². The molecule has 1 aliphatic heterocycles. The minimum absolute atomic E-state index is 0.416. The number of hydrogen-bond acceptors (Lipinski definition) is 2. The fourth-order valence-electron chi connectivity index (χ4n) is 2.51. The van der Waals surface area contributed by atoms with Gasteiger partial charge in [0, 0.05) is 0 Å². The summed E-state index contributed by atoms with van der Waals surface area (Å²) in [7, 11) is 2.13. The average Bonchev–Trinajstić information content (AvgIpc) is 2.29. The predicted octanol–water partition coefficient (Wildman–Crippen LogP) is 2.50. The highest BCUT2D eigenvalue weighted by Gasteiger charge is 2.19. The maximum Gasteiger partial charge on any atom is 0.335 e. The smallest absolute Gasteiger partial charge is 0.335 e. The number of likely N-dealkylation sites (tertiary alicyclic amines) is 1. The van der Waals surface area contributed by atoms with Crippen molar-refractivity contribution < 1.29 is 9.90 Å². The first kappa shape index (κ1) is 12.1. The van der Waals surface area contributed by atoms with E-state index in [1.807, 2.05) is 13.0 Å². The van der Waals surface area contributed by atoms with Crippen molar-refractivity contribution in [3.63, 3.8) is 0 Å². The maximum absolute atomic E-state index is 11.0. The van der Waals surface area contributed by atoms with Crippen molar-refractivity contribution in [2.75, 3.05) is 20.1 Å². The van der Waals surface area contributed by atoms with Crippen LogP contribution in [0.2, 0.25) is 0 Å². The molecule has 92 valence electrons. The number of benzene rings is 1. The van der Waals surface area contributed by atoms with E-state index in [9.17, 15) is 4.79 Å². The number of rotatable bonds is 2. The largest absolute Gasteiger partial charge is 0.478 e. The summed E-state index contributed by atoms with van der Waals surface area (Å²) in [5.74, 6) is -0.313. The van der Waals surface area contributed by atoms with Crippen molar-refractivity contribution in [1.29, 1.82) is 0 Å². The zero-order valence-electron chi connectivity index (χ0n) is 10.4. The van der Waals surface area contributed by atoms with E-state index in [1.54, 1.807) is 6.07 Å². The van der Waals surface area contributed by atoms with Gasteiger partial charge in [-0.25, -0.2) is 4.79 Å². The molecule has 17 heavy (non-hydrogen) atoms. The molecule has 0 atom stereocenters. The molecule has 0 aromatic heterocycles. The average molecular weight is 233 g/mol.